The monoisotopic (exact) mass is 277 g/mol. The van der Waals surface area contributed by atoms with E-state index >= 15 is 0 Å². The van der Waals surface area contributed by atoms with Gasteiger partial charge in [-0.2, -0.15) is 0 Å². The first-order valence-corrected chi connectivity index (χ1v) is 7.66. The molecule has 0 radical (unpaired) electrons. The molecular weight excluding hydrogens is 254 g/mol. The number of aromatic nitrogens is 1. The van der Waals surface area contributed by atoms with E-state index in [4.69, 9.17) is 4.52 Å². The van der Waals surface area contributed by atoms with Crippen molar-refractivity contribution in [2.45, 2.75) is 39.2 Å². The molecule has 20 heavy (non-hydrogen) atoms. The van der Waals surface area contributed by atoms with Crippen molar-refractivity contribution in [2.24, 2.45) is 5.92 Å². The molecule has 0 bridgehead atoms. The lowest BCUT2D eigenvalue weighted by atomic mass is 10.1. The van der Waals surface area contributed by atoms with E-state index in [2.05, 4.69) is 15.0 Å². The van der Waals surface area contributed by atoms with Crippen molar-refractivity contribution in [2.75, 3.05) is 26.2 Å². The van der Waals surface area contributed by atoms with Crippen molar-refractivity contribution in [3.05, 3.63) is 17.5 Å². The highest BCUT2D eigenvalue weighted by Gasteiger charge is 2.29. The first-order valence-electron chi connectivity index (χ1n) is 7.66. The van der Waals surface area contributed by atoms with Gasteiger partial charge in [-0.15, -0.1) is 0 Å². The number of carbonyl (C=O) groups is 1. The molecule has 3 rings (SSSR count). The summed E-state index contributed by atoms with van der Waals surface area (Å²) in [4.78, 5) is 16.7. The number of aryl methyl sites for hydroxylation is 1. The molecule has 1 aromatic rings. The molecule has 1 saturated carbocycles. The lowest BCUT2D eigenvalue weighted by Gasteiger charge is -2.35. The predicted octanol–water partition coefficient (Wildman–Crippen LogP) is 1.82. The van der Waals surface area contributed by atoms with E-state index in [0.717, 1.165) is 57.0 Å². The smallest absolute Gasteiger partial charge is 0.225 e. The Labute approximate surface area is 119 Å². The van der Waals surface area contributed by atoms with Crippen LogP contribution in [0.3, 0.4) is 0 Å². The molecule has 1 saturated heterocycles. The molecule has 110 valence electrons. The Morgan fingerprint density at radius 3 is 2.60 bits per heavy atom. The molecule has 0 atom stereocenters. The van der Waals surface area contributed by atoms with Gasteiger partial charge < -0.3 is 9.42 Å². The predicted molar refractivity (Wildman–Crippen MR) is 75.1 cm³/mol. The molecule has 0 N–H and O–H groups in total. The summed E-state index contributed by atoms with van der Waals surface area (Å²) in [7, 11) is 0. The number of nitrogens with zero attached hydrogens (tertiary/aromatic N) is 3. The van der Waals surface area contributed by atoms with Crippen molar-refractivity contribution in [3.63, 3.8) is 0 Å². The van der Waals surface area contributed by atoms with Gasteiger partial charge in [0.05, 0.1) is 5.69 Å². The summed E-state index contributed by atoms with van der Waals surface area (Å²) < 4.78 is 5.09. The number of piperazine rings is 1. The van der Waals surface area contributed by atoms with Gasteiger partial charge in [0.1, 0.15) is 5.76 Å². The van der Waals surface area contributed by atoms with Gasteiger partial charge in [-0.25, -0.2) is 0 Å². The summed E-state index contributed by atoms with van der Waals surface area (Å²) in [6.07, 6.45) is 4.64. The van der Waals surface area contributed by atoms with Crippen LogP contribution in [-0.2, 0) is 11.3 Å². The number of hydrogen-bond acceptors (Lipinski definition) is 4. The lowest BCUT2D eigenvalue weighted by molar-refractivity contribution is -0.137. The summed E-state index contributed by atoms with van der Waals surface area (Å²) in [5.41, 5.74) is 0.984. The standard InChI is InChI=1S/C15H23N3O2/c1-12-10-14(16-20-12)11-17-6-8-18(9-7-17)15(19)13-4-2-3-5-13/h10,13H,2-9,11H2,1H3. The number of amides is 1. The topological polar surface area (TPSA) is 49.6 Å². The van der Waals surface area contributed by atoms with Crippen LogP contribution in [-0.4, -0.2) is 47.0 Å². The highest BCUT2D eigenvalue weighted by Crippen LogP contribution is 2.27. The fraction of sp³-hybridized carbons (Fsp3) is 0.733. The number of carbonyl (C=O) groups excluding carboxylic acids is 1. The van der Waals surface area contributed by atoms with Crippen LogP contribution in [0.4, 0.5) is 0 Å². The van der Waals surface area contributed by atoms with Gasteiger partial charge in [-0.05, 0) is 19.8 Å². The minimum absolute atomic E-state index is 0.305. The second kappa shape index (κ2) is 5.95. The Hall–Kier alpha value is -1.36. The normalized spacial score (nSPS) is 21.6. The number of rotatable bonds is 3. The van der Waals surface area contributed by atoms with Crippen molar-refractivity contribution in [1.82, 2.24) is 15.0 Å². The second-order valence-electron chi connectivity index (χ2n) is 6.01. The molecular formula is C15H23N3O2. The van der Waals surface area contributed by atoms with E-state index in [1.165, 1.54) is 12.8 Å². The Morgan fingerprint density at radius 1 is 1.30 bits per heavy atom. The van der Waals surface area contributed by atoms with Crippen LogP contribution in [0.25, 0.3) is 0 Å². The first-order chi connectivity index (χ1) is 9.72. The quantitative estimate of drug-likeness (QED) is 0.845. The molecule has 1 aliphatic carbocycles. The first kappa shape index (κ1) is 13.6. The third-order valence-corrected chi connectivity index (χ3v) is 4.45. The highest BCUT2D eigenvalue weighted by atomic mass is 16.5. The Kier molecular flexibility index (Phi) is 4.05. The minimum atomic E-state index is 0.305. The summed E-state index contributed by atoms with van der Waals surface area (Å²) in [6.45, 7) is 6.31. The average molecular weight is 277 g/mol. The van der Waals surface area contributed by atoms with Gasteiger partial charge in [-0.1, -0.05) is 18.0 Å². The maximum atomic E-state index is 12.3. The fourth-order valence-corrected chi connectivity index (χ4v) is 3.28. The van der Waals surface area contributed by atoms with E-state index in [1.807, 2.05) is 13.0 Å². The van der Waals surface area contributed by atoms with Crippen LogP contribution in [0.15, 0.2) is 10.6 Å². The Balaban J connectivity index is 1.48. The Morgan fingerprint density at radius 2 is 2.00 bits per heavy atom. The van der Waals surface area contributed by atoms with Crippen LogP contribution in [0.2, 0.25) is 0 Å². The molecule has 2 aliphatic rings. The summed E-state index contributed by atoms with van der Waals surface area (Å²) in [5, 5.41) is 4.03. The molecule has 0 aromatic carbocycles. The molecule has 0 spiro atoms. The zero-order valence-electron chi connectivity index (χ0n) is 12.2. The summed E-state index contributed by atoms with van der Waals surface area (Å²) in [5.74, 6) is 1.55. The molecule has 0 unspecified atom stereocenters. The van der Waals surface area contributed by atoms with Crippen molar-refractivity contribution in [1.29, 1.82) is 0 Å². The average Bonchev–Trinajstić information content (AvgIpc) is 3.11. The summed E-state index contributed by atoms with van der Waals surface area (Å²) in [6, 6.07) is 1.98. The van der Waals surface area contributed by atoms with Crippen LogP contribution in [0.5, 0.6) is 0 Å². The molecule has 1 amide bonds. The van der Waals surface area contributed by atoms with Gasteiger partial charge in [0, 0.05) is 44.7 Å². The largest absolute Gasteiger partial charge is 0.361 e. The van der Waals surface area contributed by atoms with Gasteiger partial charge in [-0.3, -0.25) is 9.69 Å². The maximum absolute atomic E-state index is 12.3. The van der Waals surface area contributed by atoms with Gasteiger partial charge >= 0.3 is 0 Å². The van der Waals surface area contributed by atoms with E-state index in [9.17, 15) is 4.79 Å². The van der Waals surface area contributed by atoms with E-state index < -0.39 is 0 Å². The maximum Gasteiger partial charge on any atom is 0.225 e. The third kappa shape index (κ3) is 3.03. The van der Waals surface area contributed by atoms with Gasteiger partial charge in [0.2, 0.25) is 5.91 Å². The second-order valence-corrected chi connectivity index (χ2v) is 6.01. The van der Waals surface area contributed by atoms with Crippen LogP contribution in [0, 0.1) is 12.8 Å². The molecule has 5 nitrogen and oxygen atoms in total. The highest BCUT2D eigenvalue weighted by molar-refractivity contribution is 5.79. The van der Waals surface area contributed by atoms with Crippen LogP contribution < -0.4 is 0 Å². The molecule has 5 heteroatoms. The lowest BCUT2D eigenvalue weighted by Crippen LogP contribution is -2.49. The Bertz CT molecular complexity index is 457. The SMILES string of the molecule is Cc1cc(CN2CCN(C(=O)C3CCCC3)CC2)no1. The number of hydrogen-bond donors (Lipinski definition) is 0. The molecule has 2 fully saturated rings. The molecule has 2 heterocycles. The van der Waals surface area contributed by atoms with E-state index in [-0.39, 0.29) is 0 Å². The van der Waals surface area contributed by atoms with Crippen LogP contribution in [0.1, 0.15) is 37.1 Å². The van der Waals surface area contributed by atoms with Crippen molar-refractivity contribution in [3.8, 4) is 0 Å². The summed E-state index contributed by atoms with van der Waals surface area (Å²) >= 11 is 0. The van der Waals surface area contributed by atoms with E-state index in [0.29, 0.717) is 11.8 Å². The molecule has 1 aliphatic heterocycles. The van der Waals surface area contributed by atoms with Gasteiger partial charge in [0.15, 0.2) is 0 Å². The van der Waals surface area contributed by atoms with Crippen molar-refractivity contribution < 1.29 is 9.32 Å². The third-order valence-electron chi connectivity index (χ3n) is 4.45. The van der Waals surface area contributed by atoms with E-state index in [1.54, 1.807) is 0 Å². The minimum Gasteiger partial charge on any atom is -0.361 e. The molecule has 1 aromatic heterocycles. The van der Waals surface area contributed by atoms with Crippen molar-refractivity contribution >= 4 is 5.91 Å². The fourth-order valence-electron chi connectivity index (χ4n) is 3.28. The zero-order chi connectivity index (χ0) is 13.9. The van der Waals surface area contributed by atoms with Gasteiger partial charge in [0.25, 0.3) is 0 Å². The zero-order valence-corrected chi connectivity index (χ0v) is 12.2. The van der Waals surface area contributed by atoms with Crippen LogP contribution >= 0.6 is 0 Å².